The minimum absolute atomic E-state index is 0.482. The van der Waals surface area contributed by atoms with Gasteiger partial charge in [-0.2, -0.15) is 0 Å². The molecule has 0 atom stereocenters. The second-order valence-electron chi connectivity index (χ2n) is 3.59. The Morgan fingerprint density at radius 2 is 2.00 bits per heavy atom. The van der Waals surface area contributed by atoms with Crippen molar-refractivity contribution in [3.05, 3.63) is 0 Å². The van der Waals surface area contributed by atoms with Crippen LogP contribution in [0.2, 0.25) is 0 Å². The highest BCUT2D eigenvalue weighted by Gasteiger charge is 2.49. The van der Waals surface area contributed by atoms with Crippen LogP contribution in [0, 0.1) is 0 Å². The van der Waals surface area contributed by atoms with Crippen molar-refractivity contribution in [1.29, 1.82) is 0 Å². The Balaban J connectivity index is 2.03. The SMILES string of the molecule is CN1CCN(S)C2(CC2)C1. The van der Waals surface area contributed by atoms with E-state index in [1.165, 1.54) is 25.9 Å². The molecule has 0 bridgehead atoms. The van der Waals surface area contributed by atoms with Gasteiger partial charge < -0.3 is 4.90 Å². The van der Waals surface area contributed by atoms with E-state index in [2.05, 4.69) is 29.1 Å². The lowest BCUT2D eigenvalue weighted by Gasteiger charge is -2.37. The van der Waals surface area contributed by atoms with Crippen LogP contribution in [0.5, 0.6) is 0 Å². The molecule has 1 aliphatic heterocycles. The maximum atomic E-state index is 4.45. The minimum atomic E-state index is 0.482. The Bertz CT molecular complexity index is 145. The van der Waals surface area contributed by atoms with E-state index in [9.17, 15) is 0 Å². The van der Waals surface area contributed by atoms with Crippen molar-refractivity contribution in [2.45, 2.75) is 18.4 Å². The van der Waals surface area contributed by atoms with Gasteiger partial charge in [0, 0.05) is 25.2 Å². The van der Waals surface area contributed by atoms with Crippen molar-refractivity contribution < 1.29 is 0 Å². The van der Waals surface area contributed by atoms with E-state index in [4.69, 9.17) is 0 Å². The van der Waals surface area contributed by atoms with Crippen LogP contribution in [-0.4, -0.2) is 41.4 Å². The second-order valence-corrected chi connectivity index (χ2v) is 4.07. The lowest BCUT2D eigenvalue weighted by Crippen LogP contribution is -2.49. The molecular weight excluding hydrogens is 144 g/mol. The maximum absolute atomic E-state index is 4.45. The van der Waals surface area contributed by atoms with E-state index < -0.39 is 0 Å². The van der Waals surface area contributed by atoms with Crippen LogP contribution < -0.4 is 0 Å². The summed E-state index contributed by atoms with van der Waals surface area (Å²) in [5, 5.41) is 0. The summed E-state index contributed by atoms with van der Waals surface area (Å²) in [5.41, 5.74) is 0.482. The predicted octanol–water partition coefficient (Wildman–Crippen LogP) is 0.611. The molecule has 1 aliphatic carbocycles. The molecule has 2 aliphatic rings. The van der Waals surface area contributed by atoms with Crippen molar-refractivity contribution >= 4 is 12.8 Å². The van der Waals surface area contributed by atoms with Gasteiger partial charge in [0.1, 0.15) is 0 Å². The number of likely N-dealkylation sites (N-methyl/N-ethyl adjacent to an activating group) is 1. The maximum Gasteiger partial charge on any atom is 0.0439 e. The van der Waals surface area contributed by atoms with Gasteiger partial charge in [0.25, 0.3) is 0 Å². The first-order valence-corrected chi connectivity index (χ1v) is 4.28. The molecule has 1 saturated carbocycles. The van der Waals surface area contributed by atoms with E-state index in [1.807, 2.05) is 0 Å². The molecule has 58 valence electrons. The van der Waals surface area contributed by atoms with Gasteiger partial charge in [-0.05, 0) is 19.9 Å². The Hall–Kier alpha value is 0.270. The fourth-order valence-corrected chi connectivity index (χ4v) is 2.08. The first-order valence-electron chi connectivity index (χ1n) is 3.88. The zero-order chi connectivity index (χ0) is 7.19. The van der Waals surface area contributed by atoms with Crippen molar-refractivity contribution in [2.24, 2.45) is 0 Å². The summed E-state index contributed by atoms with van der Waals surface area (Å²) >= 11 is 4.45. The van der Waals surface area contributed by atoms with E-state index in [0.717, 1.165) is 6.54 Å². The third-order valence-electron chi connectivity index (χ3n) is 2.63. The molecule has 2 fully saturated rings. The molecule has 1 spiro atoms. The van der Waals surface area contributed by atoms with Gasteiger partial charge in [0.2, 0.25) is 0 Å². The zero-order valence-corrected chi connectivity index (χ0v) is 7.27. The standard InChI is InChI=1S/C7H14N2S/c1-8-4-5-9(10)7(6-8)2-3-7/h10H,2-6H2,1H3. The monoisotopic (exact) mass is 158 g/mol. The van der Waals surface area contributed by atoms with Crippen molar-refractivity contribution in [3.63, 3.8) is 0 Å². The molecule has 1 saturated heterocycles. The lowest BCUT2D eigenvalue weighted by atomic mass is 10.2. The molecule has 10 heavy (non-hydrogen) atoms. The van der Waals surface area contributed by atoms with Crippen LogP contribution >= 0.6 is 12.8 Å². The molecule has 2 nitrogen and oxygen atoms in total. The van der Waals surface area contributed by atoms with Crippen LogP contribution in [-0.2, 0) is 0 Å². The molecule has 3 heteroatoms. The molecule has 0 aromatic heterocycles. The summed E-state index contributed by atoms with van der Waals surface area (Å²) in [6.07, 6.45) is 2.70. The third-order valence-corrected chi connectivity index (χ3v) is 3.26. The van der Waals surface area contributed by atoms with Gasteiger partial charge in [0.15, 0.2) is 0 Å². The van der Waals surface area contributed by atoms with Crippen LogP contribution in [0.4, 0.5) is 0 Å². The number of nitrogens with zero attached hydrogens (tertiary/aromatic N) is 2. The molecule has 0 aromatic rings. The molecule has 1 heterocycles. The van der Waals surface area contributed by atoms with Crippen LogP contribution in [0.3, 0.4) is 0 Å². The Kier molecular flexibility index (Phi) is 1.48. The highest BCUT2D eigenvalue weighted by Crippen LogP contribution is 2.44. The van der Waals surface area contributed by atoms with Crippen molar-refractivity contribution in [3.8, 4) is 0 Å². The summed E-state index contributed by atoms with van der Waals surface area (Å²) in [6, 6.07) is 0. The molecule has 0 radical (unpaired) electrons. The fraction of sp³-hybridized carbons (Fsp3) is 1.00. The van der Waals surface area contributed by atoms with Gasteiger partial charge >= 0.3 is 0 Å². The van der Waals surface area contributed by atoms with E-state index >= 15 is 0 Å². The number of thiol groups is 1. The van der Waals surface area contributed by atoms with Crippen LogP contribution in [0.1, 0.15) is 12.8 Å². The largest absolute Gasteiger partial charge is 0.303 e. The number of hydrogen-bond donors (Lipinski definition) is 1. The van der Waals surface area contributed by atoms with Crippen LogP contribution in [0.25, 0.3) is 0 Å². The summed E-state index contributed by atoms with van der Waals surface area (Å²) in [6.45, 7) is 3.52. The lowest BCUT2D eigenvalue weighted by molar-refractivity contribution is 0.157. The van der Waals surface area contributed by atoms with E-state index in [0.29, 0.717) is 5.54 Å². The summed E-state index contributed by atoms with van der Waals surface area (Å²) in [7, 11) is 2.20. The van der Waals surface area contributed by atoms with E-state index in [-0.39, 0.29) is 0 Å². The van der Waals surface area contributed by atoms with E-state index in [1.54, 1.807) is 0 Å². The fourth-order valence-electron chi connectivity index (χ4n) is 1.73. The van der Waals surface area contributed by atoms with Gasteiger partial charge in [-0.15, -0.1) is 0 Å². The Morgan fingerprint density at radius 1 is 1.30 bits per heavy atom. The second kappa shape index (κ2) is 2.13. The molecule has 0 amide bonds. The minimum Gasteiger partial charge on any atom is -0.303 e. The first kappa shape index (κ1) is 6.95. The average Bonchev–Trinajstić information content (AvgIpc) is 2.62. The predicted molar refractivity (Wildman–Crippen MR) is 45.2 cm³/mol. The van der Waals surface area contributed by atoms with Crippen LogP contribution in [0.15, 0.2) is 0 Å². The smallest absolute Gasteiger partial charge is 0.0439 e. The summed E-state index contributed by atoms with van der Waals surface area (Å²) < 4.78 is 2.23. The van der Waals surface area contributed by atoms with Gasteiger partial charge in [0.05, 0.1) is 0 Å². The van der Waals surface area contributed by atoms with Gasteiger partial charge in [-0.1, -0.05) is 12.8 Å². The average molecular weight is 158 g/mol. The van der Waals surface area contributed by atoms with Gasteiger partial charge in [-0.25, -0.2) is 4.31 Å². The Labute approximate surface area is 67.7 Å². The molecule has 0 unspecified atom stereocenters. The summed E-state index contributed by atoms with van der Waals surface area (Å²) in [4.78, 5) is 2.40. The zero-order valence-electron chi connectivity index (χ0n) is 6.38. The topological polar surface area (TPSA) is 6.48 Å². The highest BCUT2D eigenvalue weighted by atomic mass is 32.1. The van der Waals surface area contributed by atoms with Crippen molar-refractivity contribution in [1.82, 2.24) is 9.21 Å². The molecule has 2 rings (SSSR count). The number of piperazine rings is 1. The molecule has 0 aromatic carbocycles. The quantitative estimate of drug-likeness (QED) is 0.516. The number of rotatable bonds is 0. The summed E-state index contributed by atoms with van der Waals surface area (Å²) in [5.74, 6) is 0. The van der Waals surface area contributed by atoms with Crippen molar-refractivity contribution in [2.75, 3.05) is 26.7 Å². The van der Waals surface area contributed by atoms with Gasteiger partial charge in [-0.3, -0.25) is 0 Å². The highest BCUT2D eigenvalue weighted by molar-refractivity contribution is 7.77. The normalized spacial score (nSPS) is 33.0. The first-order chi connectivity index (χ1) is 4.73. The number of hydrogen-bond acceptors (Lipinski definition) is 3. The third kappa shape index (κ3) is 0.966. The molecular formula is C7H14N2S. The molecule has 0 N–H and O–H groups in total. The Morgan fingerprint density at radius 3 is 2.50 bits per heavy atom.